The molecule has 0 amide bonds. The second-order valence-corrected chi connectivity index (χ2v) is 8.68. The van der Waals surface area contributed by atoms with Crippen LogP contribution in [0.15, 0.2) is 0 Å². The topological polar surface area (TPSA) is 39.9 Å². The summed E-state index contributed by atoms with van der Waals surface area (Å²) in [5.74, 6) is 1.96. The minimum Gasteiger partial charge on any atom is -0.356 e. The Labute approximate surface area is 138 Å². The van der Waals surface area contributed by atoms with E-state index in [2.05, 4.69) is 31.7 Å². The number of rotatable bonds is 3. The first-order chi connectivity index (χ1) is 10.6. The minimum absolute atomic E-state index is 0.214. The summed E-state index contributed by atoms with van der Waals surface area (Å²) < 4.78 is 0.214. The number of hydrogen-bond acceptors (Lipinski definition) is 4. The fraction of sp³-hybridized carbons (Fsp3) is 0.667. The third-order valence-electron chi connectivity index (χ3n) is 4.69. The summed E-state index contributed by atoms with van der Waals surface area (Å²) in [6.07, 6.45) is 5.55. The van der Waals surface area contributed by atoms with Gasteiger partial charge in [-0.25, -0.2) is 4.98 Å². The van der Waals surface area contributed by atoms with Gasteiger partial charge in [-0.15, -0.1) is 0 Å². The lowest BCUT2D eigenvalue weighted by Crippen LogP contribution is -2.28. The van der Waals surface area contributed by atoms with Crippen LogP contribution in [-0.2, 0) is 18.6 Å². The Hall–Kier alpha value is -1.21. The van der Waals surface area contributed by atoms with E-state index >= 15 is 0 Å². The number of aryl methyl sites for hydroxylation is 1. The maximum Gasteiger partial charge on any atom is 0.147 e. The van der Waals surface area contributed by atoms with Crippen LogP contribution in [0.2, 0.25) is 0 Å². The van der Waals surface area contributed by atoms with Crippen molar-refractivity contribution in [2.75, 3.05) is 18.0 Å². The van der Waals surface area contributed by atoms with E-state index in [0.29, 0.717) is 0 Å². The van der Waals surface area contributed by atoms with Gasteiger partial charge in [0.15, 0.2) is 0 Å². The number of anilines is 1. The summed E-state index contributed by atoms with van der Waals surface area (Å²) in [6.45, 7) is 8.88. The molecule has 0 bridgehead atoms. The van der Waals surface area contributed by atoms with Gasteiger partial charge < -0.3 is 4.90 Å². The van der Waals surface area contributed by atoms with Crippen molar-refractivity contribution in [3.05, 3.63) is 22.4 Å². The van der Waals surface area contributed by atoms with Crippen molar-refractivity contribution in [3.8, 4) is 6.07 Å². The van der Waals surface area contributed by atoms with Crippen molar-refractivity contribution in [2.24, 2.45) is 0 Å². The van der Waals surface area contributed by atoms with Gasteiger partial charge >= 0.3 is 0 Å². The number of thioether (sulfide) groups is 1. The molecule has 2 aliphatic heterocycles. The second kappa shape index (κ2) is 6.12. The van der Waals surface area contributed by atoms with E-state index in [0.717, 1.165) is 49.5 Å². The van der Waals surface area contributed by atoms with E-state index in [1.54, 1.807) is 0 Å². The fourth-order valence-corrected chi connectivity index (χ4v) is 4.66. The van der Waals surface area contributed by atoms with Crippen molar-refractivity contribution < 1.29 is 0 Å². The molecule has 0 N–H and O–H groups in total. The van der Waals surface area contributed by atoms with E-state index in [1.165, 1.54) is 29.7 Å². The van der Waals surface area contributed by atoms with Crippen molar-refractivity contribution >= 4 is 17.6 Å². The molecule has 3 nitrogen and oxygen atoms in total. The van der Waals surface area contributed by atoms with Gasteiger partial charge in [-0.1, -0.05) is 27.2 Å². The average molecular weight is 315 g/mol. The first-order valence-corrected chi connectivity index (χ1v) is 9.38. The molecule has 1 saturated heterocycles. The SMILES string of the molecule is CCCc1nc(N2CCCC2)c(C#N)c2c1CSC(C)(C)C2. The normalized spacial score (nSPS) is 19.8. The summed E-state index contributed by atoms with van der Waals surface area (Å²) in [5, 5.41) is 9.80. The third kappa shape index (κ3) is 2.84. The fourth-order valence-electron chi connectivity index (χ4n) is 3.54. The molecule has 1 aromatic heterocycles. The van der Waals surface area contributed by atoms with Gasteiger partial charge in [0.1, 0.15) is 11.9 Å². The number of fused-ring (bicyclic) bond motifs is 1. The van der Waals surface area contributed by atoms with Gasteiger partial charge in [0, 0.05) is 29.3 Å². The molecular formula is C18H25N3S. The summed E-state index contributed by atoms with van der Waals surface area (Å²) >= 11 is 2.00. The minimum atomic E-state index is 0.214. The van der Waals surface area contributed by atoms with Crippen LogP contribution in [0.3, 0.4) is 0 Å². The molecule has 3 rings (SSSR count). The number of hydrogen-bond donors (Lipinski definition) is 0. The van der Waals surface area contributed by atoms with E-state index < -0.39 is 0 Å². The highest BCUT2D eigenvalue weighted by Crippen LogP contribution is 2.42. The van der Waals surface area contributed by atoms with Crippen LogP contribution in [-0.4, -0.2) is 22.8 Å². The zero-order chi connectivity index (χ0) is 15.7. The molecule has 1 aromatic rings. The van der Waals surface area contributed by atoms with E-state index in [4.69, 9.17) is 4.98 Å². The second-order valence-electron chi connectivity index (χ2n) is 7.00. The van der Waals surface area contributed by atoms with Gasteiger partial charge in [0.05, 0.1) is 5.56 Å². The first-order valence-electron chi connectivity index (χ1n) is 8.39. The van der Waals surface area contributed by atoms with Gasteiger partial charge in [0.25, 0.3) is 0 Å². The molecule has 0 spiro atoms. The molecule has 0 aromatic carbocycles. The van der Waals surface area contributed by atoms with Crippen molar-refractivity contribution in [1.82, 2.24) is 4.98 Å². The Morgan fingerprint density at radius 2 is 2.00 bits per heavy atom. The molecule has 4 heteroatoms. The Morgan fingerprint density at radius 3 is 2.64 bits per heavy atom. The number of aromatic nitrogens is 1. The van der Waals surface area contributed by atoms with Crippen LogP contribution < -0.4 is 4.90 Å². The van der Waals surface area contributed by atoms with Crippen LogP contribution in [0.4, 0.5) is 5.82 Å². The molecule has 3 heterocycles. The Morgan fingerprint density at radius 1 is 1.27 bits per heavy atom. The molecule has 0 atom stereocenters. The zero-order valence-electron chi connectivity index (χ0n) is 13.9. The highest BCUT2D eigenvalue weighted by Gasteiger charge is 2.32. The van der Waals surface area contributed by atoms with Gasteiger partial charge in [-0.3, -0.25) is 0 Å². The van der Waals surface area contributed by atoms with E-state index in [1.807, 2.05) is 11.8 Å². The summed E-state index contributed by atoms with van der Waals surface area (Å²) in [7, 11) is 0. The van der Waals surface area contributed by atoms with E-state index in [9.17, 15) is 5.26 Å². The summed E-state index contributed by atoms with van der Waals surface area (Å²) in [4.78, 5) is 7.29. The Balaban J connectivity index is 2.15. The molecule has 0 aliphatic carbocycles. The molecule has 22 heavy (non-hydrogen) atoms. The quantitative estimate of drug-likeness (QED) is 0.843. The number of nitriles is 1. The predicted octanol–water partition coefficient (Wildman–Crippen LogP) is 4.07. The lowest BCUT2D eigenvalue weighted by Gasteiger charge is -2.34. The molecular weight excluding hydrogens is 290 g/mol. The highest BCUT2D eigenvalue weighted by molar-refractivity contribution is 7.99. The Bertz CT molecular complexity index is 610. The van der Waals surface area contributed by atoms with Crippen LogP contribution in [0.1, 0.15) is 62.4 Å². The maximum atomic E-state index is 9.80. The van der Waals surface area contributed by atoms with Gasteiger partial charge in [-0.05, 0) is 36.8 Å². The maximum absolute atomic E-state index is 9.80. The molecule has 0 unspecified atom stereocenters. The van der Waals surface area contributed by atoms with Crippen LogP contribution in [0, 0.1) is 11.3 Å². The lowest BCUT2D eigenvalue weighted by molar-refractivity contribution is 0.684. The number of nitrogens with zero attached hydrogens (tertiary/aromatic N) is 3. The lowest BCUT2D eigenvalue weighted by atomic mass is 9.91. The van der Waals surface area contributed by atoms with E-state index in [-0.39, 0.29) is 4.75 Å². The zero-order valence-corrected chi connectivity index (χ0v) is 14.7. The van der Waals surface area contributed by atoms with Crippen molar-refractivity contribution in [1.29, 1.82) is 5.26 Å². The predicted molar refractivity (Wildman–Crippen MR) is 93.5 cm³/mol. The standard InChI is InChI=1S/C18H25N3S/c1-4-7-16-15-12-22-18(2,3)10-13(15)14(11-19)17(20-16)21-8-5-6-9-21/h4-10,12H2,1-3H3. The largest absolute Gasteiger partial charge is 0.356 e. The van der Waals surface area contributed by atoms with Crippen LogP contribution in [0.5, 0.6) is 0 Å². The van der Waals surface area contributed by atoms with Crippen LogP contribution in [0.25, 0.3) is 0 Å². The monoisotopic (exact) mass is 315 g/mol. The summed E-state index contributed by atoms with van der Waals surface area (Å²) in [6, 6.07) is 2.49. The molecule has 0 radical (unpaired) electrons. The molecule has 1 fully saturated rings. The van der Waals surface area contributed by atoms with Crippen molar-refractivity contribution in [3.63, 3.8) is 0 Å². The van der Waals surface area contributed by atoms with Gasteiger partial charge in [0.2, 0.25) is 0 Å². The molecule has 118 valence electrons. The van der Waals surface area contributed by atoms with Crippen molar-refractivity contribution in [2.45, 2.75) is 63.4 Å². The molecule has 2 aliphatic rings. The molecule has 0 saturated carbocycles. The average Bonchev–Trinajstić information content (AvgIpc) is 3.00. The van der Waals surface area contributed by atoms with Crippen LogP contribution >= 0.6 is 11.8 Å². The number of pyridine rings is 1. The van der Waals surface area contributed by atoms with Gasteiger partial charge in [-0.2, -0.15) is 17.0 Å². The third-order valence-corrected chi connectivity index (χ3v) is 6.05. The highest BCUT2D eigenvalue weighted by atomic mass is 32.2. The Kier molecular flexibility index (Phi) is 4.36. The first kappa shape index (κ1) is 15.7. The summed E-state index contributed by atoms with van der Waals surface area (Å²) in [5.41, 5.74) is 4.73. The smallest absolute Gasteiger partial charge is 0.147 e.